The van der Waals surface area contributed by atoms with Crippen molar-refractivity contribution < 1.29 is 13.9 Å². The molecule has 146 valence electrons. The second-order valence-corrected chi connectivity index (χ2v) is 7.40. The summed E-state index contributed by atoms with van der Waals surface area (Å²) in [5.74, 6) is 1.75. The molecule has 0 aliphatic rings. The van der Waals surface area contributed by atoms with Crippen LogP contribution in [0.3, 0.4) is 0 Å². The van der Waals surface area contributed by atoms with Gasteiger partial charge in [0, 0.05) is 11.6 Å². The molecule has 0 aliphatic carbocycles. The van der Waals surface area contributed by atoms with Gasteiger partial charge in [-0.05, 0) is 53.4 Å². The van der Waals surface area contributed by atoms with Crippen LogP contribution < -0.4 is 4.74 Å². The third-order valence-electron chi connectivity index (χ3n) is 4.48. The van der Waals surface area contributed by atoms with E-state index in [9.17, 15) is 4.79 Å². The van der Waals surface area contributed by atoms with Crippen molar-refractivity contribution in [1.82, 2.24) is 4.90 Å². The average molecular weight is 398 g/mol. The number of hydrogen-bond acceptors (Lipinski definition) is 3. The van der Waals surface area contributed by atoms with Gasteiger partial charge in [0.05, 0.1) is 12.8 Å². The van der Waals surface area contributed by atoms with Gasteiger partial charge < -0.3 is 14.1 Å². The molecule has 4 nitrogen and oxygen atoms in total. The molecule has 0 fully saturated rings. The predicted molar refractivity (Wildman–Crippen MR) is 110 cm³/mol. The Hall–Kier alpha value is -2.72. The monoisotopic (exact) mass is 397 g/mol. The number of rotatable bonds is 8. The lowest BCUT2D eigenvalue weighted by Gasteiger charge is -2.22. The fourth-order valence-corrected chi connectivity index (χ4v) is 2.94. The molecule has 0 atom stereocenters. The van der Waals surface area contributed by atoms with E-state index in [-0.39, 0.29) is 12.5 Å². The second-order valence-electron chi connectivity index (χ2n) is 6.97. The summed E-state index contributed by atoms with van der Waals surface area (Å²) in [5, 5.41) is 0.667. The first-order valence-electron chi connectivity index (χ1n) is 9.28. The zero-order valence-electron chi connectivity index (χ0n) is 16.1. The average Bonchev–Trinajstić information content (AvgIpc) is 3.20. The van der Waals surface area contributed by atoms with Crippen molar-refractivity contribution in [1.29, 1.82) is 0 Å². The molecule has 1 aromatic heterocycles. The maximum absolute atomic E-state index is 12.8. The maximum atomic E-state index is 12.8. The first-order chi connectivity index (χ1) is 13.5. The van der Waals surface area contributed by atoms with Crippen LogP contribution in [-0.2, 0) is 17.9 Å². The number of halogens is 1. The lowest BCUT2D eigenvalue weighted by Crippen LogP contribution is -2.34. The molecule has 0 unspecified atom stereocenters. The molecule has 0 spiro atoms. The fourth-order valence-electron chi connectivity index (χ4n) is 2.82. The van der Waals surface area contributed by atoms with Crippen LogP contribution in [0.4, 0.5) is 0 Å². The molecule has 28 heavy (non-hydrogen) atoms. The predicted octanol–water partition coefficient (Wildman–Crippen LogP) is 5.66. The van der Waals surface area contributed by atoms with Gasteiger partial charge in [-0.3, -0.25) is 4.79 Å². The first kappa shape index (κ1) is 20.0. The van der Waals surface area contributed by atoms with Crippen molar-refractivity contribution in [2.24, 2.45) is 0 Å². The van der Waals surface area contributed by atoms with Gasteiger partial charge in [-0.1, -0.05) is 49.7 Å². The summed E-state index contributed by atoms with van der Waals surface area (Å²) in [7, 11) is 0. The second kappa shape index (κ2) is 9.47. The van der Waals surface area contributed by atoms with Crippen molar-refractivity contribution in [3.05, 3.63) is 88.8 Å². The fraction of sp³-hybridized carbons (Fsp3) is 0.261. The molecule has 0 aliphatic heterocycles. The topological polar surface area (TPSA) is 42.7 Å². The number of benzene rings is 2. The highest BCUT2D eigenvalue weighted by atomic mass is 35.5. The van der Waals surface area contributed by atoms with Crippen LogP contribution in [0.15, 0.2) is 71.3 Å². The molecular formula is C23H24ClNO3. The maximum Gasteiger partial charge on any atom is 0.261 e. The van der Waals surface area contributed by atoms with E-state index in [1.165, 1.54) is 5.56 Å². The van der Waals surface area contributed by atoms with Crippen LogP contribution in [-0.4, -0.2) is 17.4 Å². The van der Waals surface area contributed by atoms with Crippen LogP contribution >= 0.6 is 11.6 Å². The van der Waals surface area contributed by atoms with Gasteiger partial charge in [0.2, 0.25) is 0 Å². The Bertz CT molecular complexity index is 871. The zero-order valence-corrected chi connectivity index (χ0v) is 16.9. The number of carbonyl (C=O) groups is 1. The van der Waals surface area contributed by atoms with Crippen LogP contribution in [0.2, 0.25) is 5.02 Å². The van der Waals surface area contributed by atoms with E-state index in [1.54, 1.807) is 11.2 Å². The van der Waals surface area contributed by atoms with E-state index in [1.807, 2.05) is 60.7 Å². The van der Waals surface area contributed by atoms with E-state index in [0.717, 1.165) is 11.3 Å². The van der Waals surface area contributed by atoms with Crippen LogP contribution in [0.25, 0.3) is 0 Å². The highest BCUT2D eigenvalue weighted by Gasteiger charge is 2.17. The number of nitrogens with zero attached hydrogens (tertiary/aromatic N) is 1. The molecule has 0 radical (unpaired) electrons. The van der Waals surface area contributed by atoms with Crippen molar-refractivity contribution in [3.63, 3.8) is 0 Å². The van der Waals surface area contributed by atoms with Crippen molar-refractivity contribution >= 4 is 17.5 Å². The SMILES string of the molecule is CC(C)c1ccc(OCC(=O)N(Cc2ccc(Cl)cc2)Cc2ccco2)cc1. The van der Waals surface area contributed by atoms with Crippen molar-refractivity contribution in [2.45, 2.75) is 32.9 Å². The van der Waals surface area contributed by atoms with E-state index in [0.29, 0.717) is 29.8 Å². The Morgan fingerprint density at radius 2 is 1.75 bits per heavy atom. The lowest BCUT2D eigenvalue weighted by molar-refractivity contribution is -0.134. The molecule has 3 rings (SSSR count). The minimum Gasteiger partial charge on any atom is -0.484 e. The molecule has 1 heterocycles. The van der Waals surface area contributed by atoms with Gasteiger partial charge in [0.25, 0.3) is 5.91 Å². The Labute approximate surface area is 170 Å². The molecule has 0 saturated heterocycles. The number of amides is 1. The molecule has 1 amide bonds. The normalized spacial score (nSPS) is 10.9. The summed E-state index contributed by atoms with van der Waals surface area (Å²) in [6, 6.07) is 19.0. The van der Waals surface area contributed by atoms with Gasteiger partial charge in [-0.2, -0.15) is 0 Å². The highest BCUT2D eigenvalue weighted by molar-refractivity contribution is 6.30. The van der Waals surface area contributed by atoms with Gasteiger partial charge in [0.15, 0.2) is 6.61 Å². The zero-order chi connectivity index (χ0) is 19.9. The van der Waals surface area contributed by atoms with Crippen molar-refractivity contribution in [3.8, 4) is 5.75 Å². The highest BCUT2D eigenvalue weighted by Crippen LogP contribution is 2.19. The quantitative estimate of drug-likeness (QED) is 0.492. The van der Waals surface area contributed by atoms with E-state index in [4.69, 9.17) is 20.8 Å². The van der Waals surface area contributed by atoms with Crippen LogP contribution in [0.1, 0.15) is 36.7 Å². The molecule has 2 aromatic carbocycles. The van der Waals surface area contributed by atoms with Gasteiger partial charge in [0.1, 0.15) is 11.5 Å². The van der Waals surface area contributed by atoms with Crippen LogP contribution in [0, 0.1) is 0 Å². The minimum atomic E-state index is -0.112. The smallest absolute Gasteiger partial charge is 0.261 e. The summed E-state index contributed by atoms with van der Waals surface area (Å²) < 4.78 is 11.1. The number of carbonyl (C=O) groups excluding carboxylic acids is 1. The summed E-state index contributed by atoms with van der Waals surface area (Å²) in [6.07, 6.45) is 1.60. The molecule has 0 bridgehead atoms. The van der Waals surface area contributed by atoms with Gasteiger partial charge >= 0.3 is 0 Å². The van der Waals surface area contributed by atoms with Crippen LogP contribution in [0.5, 0.6) is 5.75 Å². The van der Waals surface area contributed by atoms with E-state index in [2.05, 4.69) is 13.8 Å². The standard InChI is InChI=1S/C23H24ClNO3/c1-17(2)19-7-11-21(12-8-19)28-16-23(26)25(15-22-4-3-13-27-22)14-18-5-9-20(24)10-6-18/h3-13,17H,14-16H2,1-2H3. The molecule has 0 N–H and O–H groups in total. The molecule has 0 saturated carbocycles. The third-order valence-corrected chi connectivity index (χ3v) is 4.73. The summed E-state index contributed by atoms with van der Waals surface area (Å²) in [6.45, 7) is 5.08. The summed E-state index contributed by atoms with van der Waals surface area (Å²) >= 11 is 5.96. The first-order valence-corrected chi connectivity index (χ1v) is 9.66. The summed E-state index contributed by atoms with van der Waals surface area (Å²) in [4.78, 5) is 14.5. The summed E-state index contributed by atoms with van der Waals surface area (Å²) in [5.41, 5.74) is 2.23. The van der Waals surface area contributed by atoms with Gasteiger partial charge in [-0.25, -0.2) is 0 Å². The Kier molecular flexibility index (Phi) is 6.77. The Morgan fingerprint density at radius 3 is 2.36 bits per heavy atom. The van der Waals surface area contributed by atoms with E-state index >= 15 is 0 Å². The molecule has 3 aromatic rings. The number of furan rings is 1. The molecular weight excluding hydrogens is 374 g/mol. The number of ether oxygens (including phenoxy) is 1. The third kappa shape index (κ3) is 5.64. The van der Waals surface area contributed by atoms with Crippen molar-refractivity contribution in [2.75, 3.05) is 6.61 Å². The number of hydrogen-bond donors (Lipinski definition) is 0. The van der Waals surface area contributed by atoms with E-state index < -0.39 is 0 Å². The minimum absolute atomic E-state index is 0.0324. The largest absolute Gasteiger partial charge is 0.484 e. The Balaban J connectivity index is 1.65. The van der Waals surface area contributed by atoms with Gasteiger partial charge in [-0.15, -0.1) is 0 Å². The lowest BCUT2D eigenvalue weighted by atomic mass is 10.0. The Morgan fingerprint density at radius 1 is 1.04 bits per heavy atom. The molecule has 5 heteroatoms.